The average molecular weight is 394 g/mol. The zero-order valence-corrected chi connectivity index (χ0v) is 16.7. The highest BCUT2D eigenvalue weighted by molar-refractivity contribution is 7.99. The molecule has 3 rings (SSSR count). The van der Waals surface area contributed by atoms with Crippen LogP contribution in [0.25, 0.3) is 0 Å². The van der Waals surface area contributed by atoms with Crippen molar-refractivity contribution in [3.8, 4) is 5.88 Å². The Morgan fingerprint density at radius 3 is 2.63 bits per heavy atom. The Hall–Kier alpha value is -1.80. The average Bonchev–Trinajstić information content (AvgIpc) is 2.74. The first-order valence-corrected chi connectivity index (χ1v) is 10.5. The molecule has 2 fully saturated rings. The van der Waals surface area contributed by atoms with Crippen LogP contribution in [0.1, 0.15) is 29.6 Å². The van der Waals surface area contributed by atoms with Gasteiger partial charge < -0.3 is 19.7 Å². The van der Waals surface area contributed by atoms with Gasteiger partial charge in [0.25, 0.3) is 5.91 Å². The molecule has 1 saturated carbocycles. The molecule has 0 unspecified atom stereocenters. The largest absolute Gasteiger partial charge is 0.481 e. The molecule has 2 heterocycles. The van der Waals surface area contributed by atoms with Crippen LogP contribution < -0.4 is 10.1 Å². The molecule has 0 radical (unpaired) electrons. The van der Waals surface area contributed by atoms with Gasteiger partial charge in [-0.3, -0.25) is 9.59 Å². The zero-order chi connectivity index (χ0) is 19.2. The first-order chi connectivity index (χ1) is 13.1. The van der Waals surface area contributed by atoms with Crippen molar-refractivity contribution in [1.82, 2.24) is 15.2 Å². The second kappa shape index (κ2) is 9.41. The SMILES string of the molecule is COc1ccc(C(=O)N[C@H]2CC[C@H](C(=O)N3CCSCC3)C[C@@H]2OC)cn1. The monoisotopic (exact) mass is 393 g/mol. The van der Waals surface area contributed by atoms with Gasteiger partial charge in [0.15, 0.2) is 0 Å². The fraction of sp³-hybridized carbons (Fsp3) is 0.632. The third-order valence-electron chi connectivity index (χ3n) is 5.29. The molecule has 7 nitrogen and oxygen atoms in total. The maximum atomic E-state index is 12.8. The van der Waals surface area contributed by atoms with Crippen molar-refractivity contribution in [2.75, 3.05) is 38.8 Å². The Balaban J connectivity index is 1.57. The third kappa shape index (κ3) is 4.93. The summed E-state index contributed by atoms with van der Waals surface area (Å²) in [5, 5.41) is 3.04. The van der Waals surface area contributed by atoms with E-state index in [9.17, 15) is 9.59 Å². The van der Waals surface area contributed by atoms with Crippen LogP contribution in [-0.4, -0.2) is 72.7 Å². The number of thioether (sulfide) groups is 1. The second-order valence-electron chi connectivity index (χ2n) is 6.89. The highest BCUT2D eigenvalue weighted by Gasteiger charge is 2.36. The Labute approximate surface area is 164 Å². The summed E-state index contributed by atoms with van der Waals surface area (Å²) >= 11 is 1.90. The molecule has 0 bridgehead atoms. The molecule has 2 aliphatic rings. The molecule has 1 aromatic rings. The van der Waals surface area contributed by atoms with E-state index in [2.05, 4.69) is 10.3 Å². The van der Waals surface area contributed by atoms with E-state index in [4.69, 9.17) is 9.47 Å². The Morgan fingerprint density at radius 2 is 2.00 bits per heavy atom. The lowest BCUT2D eigenvalue weighted by Crippen LogP contribution is -2.51. The highest BCUT2D eigenvalue weighted by Crippen LogP contribution is 2.29. The number of ether oxygens (including phenoxy) is 2. The van der Waals surface area contributed by atoms with E-state index in [1.54, 1.807) is 19.2 Å². The number of amides is 2. The van der Waals surface area contributed by atoms with E-state index < -0.39 is 0 Å². The number of aromatic nitrogens is 1. The van der Waals surface area contributed by atoms with E-state index in [0.717, 1.165) is 37.4 Å². The van der Waals surface area contributed by atoms with Crippen molar-refractivity contribution < 1.29 is 19.1 Å². The summed E-state index contributed by atoms with van der Waals surface area (Å²) in [5.41, 5.74) is 0.481. The Morgan fingerprint density at radius 1 is 1.22 bits per heavy atom. The number of rotatable bonds is 5. The van der Waals surface area contributed by atoms with Crippen molar-refractivity contribution in [1.29, 1.82) is 0 Å². The van der Waals surface area contributed by atoms with E-state index in [0.29, 0.717) is 17.9 Å². The van der Waals surface area contributed by atoms with Crippen molar-refractivity contribution in [2.45, 2.75) is 31.4 Å². The molecule has 0 aromatic carbocycles. The maximum Gasteiger partial charge on any atom is 0.253 e. The van der Waals surface area contributed by atoms with E-state index in [1.807, 2.05) is 16.7 Å². The van der Waals surface area contributed by atoms with Gasteiger partial charge in [-0.2, -0.15) is 11.8 Å². The summed E-state index contributed by atoms with van der Waals surface area (Å²) in [6.07, 6.45) is 3.48. The smallest absolute Gasteiger partial charge is 0.253 e. The van der Waals surface area contributed by atoms with Gasteiger partial charge in [0, 0.05) is 49.9 Å². The van der Waals surface area contributed by atoms with Crippen LogP contribution in [-0.2, 0) is 9.53 Å². The zero-order valence-electron chi connectivity index (χ0n) is 15.8. The first kappa shape index (κ1) is 19.9. The van der Waals surface area contributed by atoms with E-state index in [1.165, 1.54) is 13.3 Å². The molecular formula is C19H27N3O4S. The van der Waals surface area contributed by atoms with Gasteiger partial charge in [-0.1, -0.05) is 0 Å². The number of pyridine rings is 1. The topological polar surface area (TPSA) is 80.8 Å². The van der Waals surface area contributed by atoms with Crippen LogP contribution in [0.4, 0.5) is 0 Å². The van der Waals surface area contributed by atoms with Crippen molar-refractivity contribution in [3.05, 3.63) is 23.9 Å². The molecule has 1 saturated heterocycles. The minimum atomic E-state index is -0.185. The Bertz CT molecular complexity index is 649. The summed E-state index contributed by atoms with van der Waals surface area (Å²) in [5.74, 6) is 2.53. The van der Waals surface area contributed by atoms with E-state index >= 15 is 0 Å². The molecule has 2 amide bonds. The number of nitrogens with one attached hydrogen (secondary N) is 1. The minimum Gasteiger partial charge on any atom is -0.481 e. The summed E-state index contributed by atoms with van der Waals surface area (Å²) in [6, 6.07) is 3.24. The predicted octanol–water partition coefficient (Wildman–Crippen LogP) is 1.58. The van der Waals surface area contributed by atoms with Crippen LogP contribution in [0.2, 0.25) is 0 Å². The minimum absolute atomic E-state index is 0.0196. The van der Waals surface area contributed by atoms with Crippen molar-refractivity contribution >= 4 is 23.6 Å². The second-order valence-corrected chi connectivity index (χ2v) is 8.12. The lowest BCUT2D eigenvalue weighted by molar-refractivity contribution is -0.138. The Kier molecular flexibility index (Phi) is 6.95. The van der Waals surface area contributed by atoms with Crippen molar-refractivity contribution in [3.63, 3.8) is 0 Å². The van der Waals surface area contributed by atoms with Gasteiger partial charge in [0.1, 0.15) is 0 Å². The third-order valence-corrected chi connectivity index (χ3v) is 6.23. The lowest BCUT2D eigenvalue weighted by atomic mass is 9.82. The summed E-state index contributed by atoms with van der Waals surface area (Å²) in [6.45, 7) is 1.67. The van der Waals surface area contributed by atoms with Crippen LogP contribution in [0.3, 0.4) is 0 Å². The number of methoxy groups -OCH3 is 2. The number of hydrogen-bond acceptors (Lipinski definition) is 6. The van der Waals surface area contributed by atoms with Gasteiger partial charge in [-0.25, -0.2) is 4.98 Å². The normalized spacial score (nSPS) is 25.7. The number of nitrogens with zero attached hydrogens (tertiary/aromatic N) is 2. The standard InChI is InChI=1S/C19H27N3O4S/c1-25-16-11-13(19(24)22-7-9-27-10-8-22)3-5-15(16)21-18(23)14-4-6-17(26-2)20-12-14/h4,6,12-13,15-16H,3,5,7-11H2,1-2H3,(H,21,23)/t13-,15-,16-/m0/s1. The predicted molar refractivity (Wildman–Crippen MR) is 104 cm³/mol. The fourth-order valence-electron chi connectivity index (χ4n) is 3.71. The molecule has 0 spiro atoms. The van der Waals surface area contributed by atoms with Gasteiger partial charge in [0.05, 0.1) is 24.8 Å². The summed E-state index contributed by atoms with van der Waals surface area (Å²) < 4.78 is 10.6. The van der Waals surface area contributed by atoms with Gasteiger partial charge >= 0.3 is 0 Å². The van der Waals surface area contributed by atoms with Crippen molar-refractivity contribution in [2.24, 2.45) is 5.92 Å². The van der Waals surface area contributed by atoms with Crippen LogP contribution in [0.15, 0.2) is 18.3 Å². The molecule has 27 heavy (non-hydrogen) atoms. The number of hydrogen-bond donors (Lipinski definition) is 1. The molecule has 1 aliphatic carbocycles. The van der Waals surface area contributed by atoms with Crippen LogP contribution >= 0.6 is 11.8 Å². The van der Waals surface area contributed by atoms with Crippen LogP contribution in [0, 0.1) is 5.92 Å². The summed E-state index contributed by atoms with van der Waals surface area (Å²) in [4.78, 5) is 31.3. The molecular weight excluding hydrogens is 366 g/mol. The molecule has 8 heteroatoms. The van der Waals surface area contributed by atoms with Gasteiger partial charge in [0.2, 0.25) is 11.8 Å². The van der Waals surface area contributed by atoms with Gasteiger partial charge in [-0.05, 0) is 25.3 Å². The molecule has 1 aromatic heterocycles. The molecule has 3 atom stereocenters. The van der Waals surface area contributed by atoms with Crippen LogP contribution in [0.5, 0.6) is 5.88 Å². The summed E-state index contributed by atoms with van der Waals surface area (Å²) in [7, 11) is 3.18. The van der Waals surface area contributed by atoms with Gasteiger partial charge in [-0.15, -0.1) is 0 Å². The fourth-order valence-corrected chi connectivity index (χ4v) is 4.61. The first-order valence-electron chi connectivity index (χ1n) is 9.32. The number of carbonyl (C=O) groups excluding carboxylic acids is 2. The maximum absolute atomic E-state index is 12.8. The molecule has 1 N–H and O–H groups in total. The molecule has 148 valence electrons. The number of carbonyl (C=O) groups is 2. The lowest BCUT2D eigenvalue weighted by Gasteiger charge is -2.38. The molecule has 1 aliphatic heterocycles. The van der Waals surface area contributed by atoms with E-state index in [-0.39, 0.29) is 29.9 Å². The highest BCUT2D eigenvalue weighted by atomic mass is 32.2. The quantitative estimate of drug-likeness (QED) is 0.818.